The number of carbonyl (C=O) groups is 1. The van der Waals surface area contributed by atoms with E-state index in [1.165, 1.54) is 0 Å². The van der Waals surface area contributed by atoms with Crippen LogP contribution in [0.2, 0.25) is 5.02 Å². The molecule has 0 aromatic heterocycles. The molecule has 25 heavy (non-hydrogen) atoms. The van der Waals surface area contributed by atoms with Gasteiger partial charge in [0.15, 0.2) is 0 Å². The summed E-state index contributed by atoms with van der Waals surface area (Å²) in [7, 11) is 0. The summed E-state index contributed by atoms with van der Waals surface area (Å²) < 4.78 is 11.6. The second kappa shape index (κ2) is 9.94. The van der Waals surface area contributed by atoms with E-state index in [0.717, 1.165) is 23.5 Å². The Labute approximate surface area is 154 Å². The first-order valence-corrected chi connectivity index (χ1v) is 8.89. The summed E-state index contributed by atoms with van der Waals surface area (Å²) in [6, 6.07) is 15.1. The lowest BCUT2D eigenvalue weighted by Crippen LogP contribution is -2.34. The molecule has 1 N–H and O–H groups in total. The number of benzene rings is 2. The number of halogens is 1. The third-order valence-electron chi connectivity index (χ3n) is 3.75. The second-order valence-electron chi connectivity index (χ2n) is 5.69. The Balaban J connectivity index is 1.83. The van der Waals surface area contributed by atoms with Crippen LogP contribution in [0.1, 0.15) is 32.3 Å². The summed E-state index contributed by atoms with van der Waals surface area (Å²) in [5.74, 6) is 1.60. The number of nitrogens with one attached hydrogen (secondary N) is 1. The zero-order valence-corrected chi connectivity index (χ0v) is 15.4. The molecule has 1 unspecified atom stereocenters. The van der Waals surface area contributed by atoms with E-state index < -0.39 is 0 Å². The van der Waals surface area contributed by atoms with E-state index in [1.54, 1.807) is 12.1 Å². The molecule has 2 aromatic rings. The SMILES string of the molecule is CCC(=O)NCC(CC)Oc1ccc(COc2ccc(Cl)cc2)cc1. The highest BCUT2D eigenvalue weighted by Crippen LogP contribution is 2.19. The van der Waals surface area contributed by atoms with E-state index in [0.29, 0.717) is 24.6 Å². The van der Waals surface area contributed by atoms with Gasteiger partial charge in [-0.05, 0) is 48.4 Å². The fourth-order valence-corrected chi connectivity index (χ4v) is 2.30. The molecular formula is C20H24ClNO3. The van der Waals surface area contributed by atoms with Crippen molar-refractivity contribution in [1.29, 1.82) is 0 Å². The van der Waals surface area contributed by atoms with Crippen molar-refractivity contribution in [3.8, 4) is 11.5 Å². The summed E-state index contributed by atoms with van der Waals surface area (Å²) >= 11 is 5.86. The maximum absolute atomic E-state index is 11.3. The van der Waals surface area contributed by atoms with E-state index in [9.17, 15) is 4.79 Å². The van der Waals surface area contributed by atoms with E-state index in [1.807, 2.05) is 50.2 Å². The van der Waals surface area contributed by atoms with Gasteiger partial charge >= 0.3 is 0 Å². The molecular weight excluding hydrogens is 338 g/mol. The molecule has 0 aliphatic rings. The van der Waals surface area contributed by atoms with Crippen LogP contribution in [-0.4, -0.2) is 18.6 Å². The van der Waals surface area contributed by atoms with E-state index in [2.05, 4.69) is 5.32 Å². The summed E-state index contributed by atoms with van der Waals surface area (Å²) in [5.41, 5.74) is 1.05. The van der Waals surface area contributed by atoms with Gasteiger partial charge < -0.3 is 14.8 Å². The average Bonchev–Trinajstić information content (AvgIpc) is 2.65. The third kappa shape index (κ3) is 6.67. The molecule has 4 nitrogen and oxygen atoms in total. The van der Waals surface area contributed by atoms with Gasteiger partial charge in [-0.25, -0.2) is 0 Å². The van der Waals surface area contributed by atoms with Crippen molar-refractivity contribution in [1.82, 2.24) is 5.32 Å². The van der Waals surface area contributed by atoms with Crippen LogP contribution in [0.3, 0.4) is 0 Å². The van der Waals surface area contributed by atoms with Crippen LogP contribution in [0.4, 0.5) is 0 Å². The van der Waals surface area contributed by atoms with Gasteiger partial charge in [0.25, 0.3) is 0 Å². The lowest BCUT2D eigenvalue weighted by atomic mass is 10.2. The highest BCUT2D eigenvalue weighted by Gasteiger charge is 2.09. The first-order chi connectivity index (χ1) is 12.1. The Kier molecular flexibility index (Phi) is 7.61. The standard InChI is InChI=1S/C20H24ClNO3/c1-3-17(13-22-20(23)4-2)25-19-9-5-15(6-10-19)14-24-18-11-7-16(21)8-12-18/h5-12,17H,3-4,13-14H2,1-2H3,(H,22,23). The maximum Gasteiger partial charge on any atom is 0.219 e. The van der Waals surface area contributed by atoms with Crippen LogP contribution in [0.25, 0.3) is 0 Å². The lowest BCUT2D eigenvalue weighted by molar-refractivity contribution is -0.121. The normalized spacial score (nSPS) is 11.6. The number of carbonyl (C=O) groups excluding carboxylic acids is 1. The fraction of sp³-hybridized carbons (Fsp3) is 0.350. The predicted molar refractivity (Wildman–Crippen MR) is 100 cm³/mol. The molecule has 0 bridgehead atoms. The van der Waals surface area contributed by atoms with Crippen LogP contribution in [-0.2, 0) is 11.4 Å². The minimum absolute atomic E-state index is 0.0355. The molecule has 1 amide bonds. The van der Waals surface area contributed by atoms with Crippen molar-refractivity contribution in [2.75, 3.05) is 6.54 Å². The van der Waals surface area contributed by atoms with Crippen molar-refractivity contribution in [3.05, 3.63) is 59.1 Å². The minimum Gasteiger partial charge on any atom is -0.489 e. The number of amides is 1. The molecule has 0 aliphatic carbocycles. The van der Waals surface area contributed by atoms with E-state index in [-0.39, 0.29) is 12.0 Å². The quantitative estimate of drug-likeness (QED) is 0.709. The smallest absolute Gasteiger partial charge is 0.219 e. The van der Waals surface area contributed by atoms with Crippen molar-refractivity contribution in [3.63, 3.8) is 0 Å². The molecule has 0 aliphatic heterocycles. The number of rotatable bonds is 9. The Morgan fingerprint density at radius 3 is 2.28 bits per heavy atom. The molecule has 0 saturated heterocycles. The Hall–Kier alpha value is -2.20. The van der Waals surface area contributed by atoms with Crippen LogP contribution < -0.4 is 14.8 Å². The molecule has 0 saturated carbocycles. The molecule has 0 radical (unpaired) electrons. The van der Waals surface area contributed by atoms with Crippen molar-refractivity contribution in [2.45, 2.75) is 39.4 Å². The van der Waals surface area contributed by atoms with Gasteiger partial charge in [0.2, 0.25) is 5.91 Å². The fourth-order valence-electron chi connectivity index (χ4n) is 2.18. The van der Waals surface area contributed by atoms with Crippen LogP contribution >= 0.6 is 11.6 Å². The van der Waals surface area contributed by atoms with Crippen molar-refractivity contribution >= 4 is 17.5 Å². The molecule has 0 heterocycles. The summed E-state index contributed by atoms with van der Waals surface area (Å²) in [6.07, 6.45) is 1.27. The summed E-state index contributed by atoms with van der Waals surface area (Å²) in [5, 5.41) is 3.55. The van der Waals surface area contributed by atoms with Gasteiger partial charge in [0.05, 0.1) is 6.54 Å². The first kappa shape index (κ1) is 19.1. The molecule has 2 aromatic carbocycles. The number of hydrogen-bond acceptors (Lipinski definition) is 3. The van der Waals surface area contributed by atoms with Gasteiger partial charge in [-0.2, -0.15) is 0 Å². The Morgan fingerprint density at radius 1 is 1.04 bits per heavy atom. The molecule has 134 valence electrons. The Bertz CT molecular complexity index is 656. The molecule has 5 heteroatoms. The van der Waals surface area contributed by atoms with Crippen LogP contribution in [0, 0.1) is 0 Å². The molecule has 2 rings (SSSR count). The highest BCUT2D eigenvalue weighted by molar-refractivity contribution is 6.30. The minimum atomic E-state index is -0.0355. The summed E-state index contributed by atoms with van der Waals surface area (Å²) in [4.78, 5) is 11.3. The summed E-state index contributed by atoms with van der Waals surface area (Å²) in [6.45, 7) is 4.87. The van der Waals surface area contributed by atoms with Gasteiger partial charge in [-0.1, -0.05) is 37.6 Å². The Morgan fingerprint density at radius 2 is 1.68 bits per heavy atom. The van der Waals surface area contributed by atoms with Gasteiger partial charge in [-0.15, -0.1) is 0 Å². The second-order valence-corrected chi connectivity index (χ2v) is 6.13. The zero-order chi connectivity index (χ0) is 18.1. The van der Waals surface area contributed by atoms with Crippen molar-refractivity contribution in [2.24, 2.45) is 0 Å². The van der Waals surface area contributed by atoms with Crippen molar-refractivity contribution < 1.29 is 14.3 Å². The average molecular weight is 362 g/mol. The van der Waals surface area contributed by atoms with Gasteiger partial charge in [-0.3, -0.25) is 4.79 Å². The van der Waals surface area contributed by atoms with Gasteiger partial charge in [0, 0.05) is 11.4 Å². The topological polar surface area (TPSA) is 47.6 Å². The largest absolute Gasteiger partial charge is 0.489 e. The predicted octanol–water partition coefficient (Wildman–Crippen LogP) is 4.60. The van der Waals surface area contributed by atoms with Gasteiger partial charge in [0.1, 0.15) is 24.2 Å². The highest BCUT2D eigenvalue weighted by atomic mass is 35.5. The maximum atomic E-state index is 11.3. The first-order valence-electron chi connectivity index (χ1n) is 8.51. The molecule has 1 atom stereocenters. The molecule has 0 fully saturated rings. The molecule has 0 spiro atoms. The van der Waals surface area contributed by atoms with E-state index in [4.69, 9.17) is 21.1 Å². The number of hydrogen-bond donors (Lipinski definition) is 1. The van der Waals surface area contributed by atoms with E-state index >= 15 is 0 Å². The monoisotopic (exact) mass is 361 g/mol. The van der Waals surface area contributed by atoms with Crippen LogP contribution in [0.5, 0.6) is 11.5 Å². The van der Waals surface area contributed by atoms with Crippen LogP contribution in [0.15, 0.2) is 48.5 Å². The third-order valence-corrected chi connectivity index (χ3v) is 4.00. The number of ether oxygens (including phenoxy) is 2. The zero-order valence-electron chi connectivity index (χ0n) is 14.6. The lowest BCUT2D eigenvalue weighted by Gasteiger charge is -2.18.